The quantitative estimate of drug-likeness (QED) is 0.443. The third-order valence-corrected chi connectivity index (χ3v) is 4.86. The second kappa shape index (κ2) is 5.82. The van der Waals surface area contributed by atoms with Crippen molar-refractivity contribution in [3.05, 3.63) is 60.0 Å². The Hall–Kier alpha value is -3.45. The number of ether oxygens (including phenoxy) is 1. The van der Waals surface area contributed by atoms with E-state index >= 15 is 0 Å². The van der Waals surface area contributed by atoms with Gasteiger partial charge in [-0.25, -0.2) is 4.68 Å². The van der Waals surface area contributed by atoms with E-state index in [-0.39, 0.29) is 5.88 Å². The fraction of sp³-hybridized carbons (Fsp3) is 0. The number of aromatic nitrogens is 3. The summed E-state index contributed by atoms with van der Waals surface area (Å²) in [6, 6.07) is 17.7. The topological polar surface area (TPSA) is 70.2 Å². The number of benzene rings is 2. The molecule has 0 fully saturated rings. The molecule has 0 unspecified atom stereocenters. The van der Waals surface area contributed by atoms with Crippen LogP contribution in [0.1, 0.15) is 0 Å². The maximum absolute atomic E-state index is 10.5. The van der Waals surface area contributed by atoms with Gasteiger partial charge in [0.05, 0.1) is 10.9 Å². The van der Waals surface area contributed by atoms with Gasteiger partial charge in [-0.05, 0) is 18.2 Å². The molecule has 0 bridgehead atoms. The summed E-state index contributed by atoms with van der Waals surface area (Å²) in [5.74, 6) is 0.951. The van der Waals surface area contributed by atoms with Gasteiger partial charge in [0.25, 0.3) is 6.47 Å². The van der Waals surface area contributed by atoms with Gasteiger partial charge in [0, 0.05) is 10.8 Å². The van der Waals surface area contributed by atoms with Gasteiger partial charge in [-0.3, -0.25) is 4.79 Å². The third kappa shape index (κ3) is 2.29. The third-order valence-electron chi connectivity index (χ3n) is 4.07. The van der Waals surface area contributed by atoms with Crippen LogP contribution >= 0.6 is 11.3 Å². The number of fused-ring (bicyclic) bond motifs is 2. The first-order valence-corrected chi connectivity index (χ1v) is 8.74. The summed E-state index contributed by atoms with van der Waals surface area (Å²) < 4.78 is 12.5. The molecule has 7 heteroatoms. The van der Waals surface area contributed by atoms with Gasteiger partial charge in [0.1, 0.15) is 11.3 Å². The van der Waals surface area contributed by atoms with Crippen LogP contribution in [0, 0.1) is 0 Å². The molecule has 2 aromatic carbocycles. The summed E-state index contributed by atoms with van der Waals surface area (Å²) in [5.41, 5.74) is 2.46. The Balaban J connectivity index is 1.72. The van der Waals surface area contributed by atoms with Crippen LogP contribution in [0.15, 0.2) is 64.4 Å². The molecule has 0 saturated heterocycles. The average molecular weight is 361 g/mol. The Morgan fingerprint density at radius 1 is 1.12 bits per heavy atom. The molecule has 0 amide bonds. The van der Waals surface area contributed by atoms with E-state index < -0.39 is 0 Å². The zero-order chi connectivity index (χ0) is 17.5. The van der Waals surface area contributed by atoms with Gasteiger partial charge in [-0.2, -0.15) is 10.1 Å². The molecule has 0 aliphatic heterocycles. The molecule has 6 nitrogen and oxygen atoms in total. The van der Waals surface area contributed by atoms with E-state index in [9.17, 15) is 4.79 Å². The van der Waals surface area contributed by atoms with Gasteiger partial charge < -0.3 is 9.15 Å². The SMILES string of the molecule is O=COc1csc(-n2nc(-c3cc4ccccc4o3)c3ccccc32)n1. The second-order valence-corrected chi connectivity index (χ2v) is 6.44. The van der Waals surface area contributed by atoms with Crippen molar-refractivity contribution in [1.82, 2.24) is 14.8 Å². The van der Waals surface area contributed by atoms with Crippen LogP contribution in [0.25, 0.3) is 38.5 Å². The maximum Gasteiger partial charge on any atom is 0.299 e. The molecule has 5 rings (SSSR count). The van der Waals surface area contributed by atoms with Crippen LogP contribution in [0.3, 0.4) is 0 Å². The summed E-state index contributed by atoms with van der Waals surface area (Å²) >= 11 is 1.35. The zero-order valence-electron chi connectivity index (χ0n) is 13.3. The van der Waals surface area contributed by atoms with Gasteiger partial charge in [-0.1, -0.05) is 47.7 Å². The Morgan fingerprint density at radius 3 is 2.85 bits per heavy atom. The molecule has 26 heavy (non-hydrogen) atoms. The van der Waals surface area contributed by atoms with Gasteiger partial charge in [-0.15, -0.1) is 0 Å². The molecule has 3 heterocycles. The minimum absolute atomic E-state index is 0.255. The van der Waals surface area contributed by atoms with Crippen molar-refractivity contribution in [1.29, 1.82) is 0 Å². The van der Waals surface area contributed by atoms with Crippen LogP contribution < -0.4 is 4.74 Å². The fourth-order valence-electron chi connectivity index (χ4n) is 2.94. The number of carbonyl (C=O) groups is 1. The lowest BCUT2D eigenvalue weighted by molar-refractivity contribution is -0.120. The molecule has 0 spiro atoms. The van der Waals surface area contributed by atoms with E-state index in [0.29, 0.717) is 17.4 Å². The number of rotatable bonds is 4. The Bertz CT molecular complexity index is 1220. The molecule has 0 radical (unpaired) electrons. The predicted molar refractivity (Wildman–Crippen MR) is 98.6 cm³/mol. The van der Waals surface area contributed by atoms with Gasteiger partial charge in [0.15, 0.2) is 5.76 Å². The number of carbonyl (C=O) groups excluding carboxylic acids is 1. The van der Waals surface area contributed by atoms with E-state index in [1.54, 1.807) is 10.1 Å². The van der Waals surface area contributed by atoms with Crippen molar-refractivity contribution in [2.24, 2.45) is 0 Å². The minimum Gasteiger partial charge on any atom is -0.454 e. The standard InChI is InChI=1S/C19H11N3O3S/c23-11-24-17-10-26-19(20-17)22-14-7-3-2-6-13(14)18(21-22)16-9-12-5-1-4-8-15(12)25-16/h1-11H. The van der Waals surface area contributed by atoms with Crippen LogP contribution in [-0.4, -0.2) is 21.2 Å². The smallest absolute Gasteiger partial charge is 0.299 e. The first-order valence-electron chi connectivity index (χ1n) is 7.86. The van der Waals surface area contributed by atoms with Crippen molar-refractivity contribution >= 4 is 39.7 Å². The van der Waals surface area contributed by atoms with Crippen LogP contribution in [0.2, 0.25) is 0 Å². The van der Waals surface area contributed by atoms with Crippen LogP contribution in [0.5, 0.6) is 5.88 Å². The van der Waals surface area contributed by atoms with E-state index in [1.165, 1.54) is 11.3 Å². The fourth-order valence-corrected chi connectivity index (χ4v) is 3.64. The summed E-state index contributed by atoms with van der Waals surface area (Å²) in [5, 5.41) is 8.99. The monoisotopic (exact) mass is 361 g/mol. The van der Waals surface area contributed by atoms with E-state index in [0.717, 1.165) is 27.6 Å². The minimum atomic E-state index is 0.255. The highest BCUT2D eigenvalue weighted by molar-refractivity contribution is 7.12. The Morgan fingerprint density at radius 2 is 1.96 bits per heavy atom. The number of hydrogen-bond donors (Lipinski definition) is 0. The zero-order valence-corrected chi connectivity index (χ0v) is 14.1. The highest BCUT2D eigenvalue weighted by Gasteiger charge is 2.18. The summed E-state index contributed by atoms with van der Waals surface area (Å²) in [7, 11) is 0. The van der Waals surface area contributed by atoms with Crippen LogP contribution in [-0.2, 0) is 4.79 Å². The van der Waals surface area contributed by atoms with Crippen molar-refractivity contribution in [3.8, 4) is 22.5 Å². The molecule has 0 aliphatic rings. The van der Waals surface area contributed by atoms with E-state index in [4.69, 9.17) is 14.3 Å². The molecule has 0 atom stereocenters. The molecule has 0 saturated carbocycles. The lowest BCUT2D eigenvalue weighted by Crippen LogP contribution is -1.96. The number of nitrogens with zero attached hydrogens (tertiary/aromatic N) is 3. The Kier molecular flexibility index (Phi) is 3.32. The van der Waals surface area contributed by atoms with E-state index in [1.807, 2.05) is 54.6 Å². The van der Waals surface area contributed by atoms with Crippen molar-refractivity contribution in [2.45, 2.75) is 0 Å². The number of thiazole rings is 1. The molecule has 126 valence electrons. The number of hydrogen-bond acceptors (Lipinski definition) is 6. The van der Waals surface area contributed by atoms with Crippen molar-refractivity contribution < 1.29 is 13.9 Å². The molecule has 5 aromatic rings. The highest BCUT2D eigenvalue weighted by atomic mass is 32.1. The molecule has 0 N–H and O–H groups in total. The lowest BCUT2D eigenvalue weighted by atomic mass is 10.1. The number of para-hydroxylation sites is 2. The van der Waals surface area contributed by atoms with Crippen LogP contribution in [0.4, 0.5) is 0 Å². The molecule has 0 aliphatic carbocycles. The first-order chi connectivity index (χ1) is 12.8. The normalized spacial score (nSPS) is 11.2. The second-order valence-electron chi connectivity index (χ2n) is 5.61. The van der Waals surface area contributed by atoms with E-state index in [2.05, 4.69) is 4.98 Å². The molecular formula is C19H11N3O3S. The average Bonchev–Trinajstić information content (AvgIpc) is 3.37. The summed E-state index contributed by atoms with van der Waals surface area (Å²) in [4.78, 5) is 14.8. The maximum atomic E-state index is 10.5. The van der Waals surface area contributed by atoms with Gasteiger partial charge in [0.2, 0.25) is 11.0 Å². The van der Waals surface area contributed by atoms with Gasteiger partial charge >= 0.3 is 0 Å². The summed E-state index contributed by atoms with van der Waals surface area (Å²) in [6.45, 7) is 0.361. The largest absolute Gasteiger partial charge is 0.454 e. The predicted octanol–water partition coefficient (Wildman–Crippen LogP) is 4.43. The molecular weight excluding hydrogens is 350 g/mol. The van der Waals surface area contributed by atoms with Crippen molar-refractivity contribution in [3.63, 3.8) is 0 Å². The molecule has 3 aromatic heterocycles. The van der Waals surface area contributed by atoms with Crippen molar-refractivity contribution in [2.75, 3.05) is 0 Å². The first kappa shape index (κ1) is 14.9. The highest BCUT2D eigenvalue weighted by Crippen LogP contribution is 2.34. The Labute approximate surface area is 151 Å². The lowest BCUT2D eigenvalue weighted by Gasteiger charge is -1.96. The number of furan rings is 1. The summed E-state index contributed by atoms with van der Waals surface area (Å²) in [6.07, 6.45) is 0.